The molecule has 0 aliphatic carbocycles. The quantitative estimate of drug-likeness (QED) is 0.676. The van der Waals surface area contributed by atoms with Crippen molar-refractivity contribution in [3.8, 4) is 0 Å². The van der Waals surface area contributed by atoms with Crippen molar-refractivity contribution in [1.82, 2.24) is 20.2 Å². The summed E-state index contributed by atoms with van der Waals surface area (Å²) in [5.74, 6) is -1.67. The number of halogens is 3. The van der Waals surface area contributed by atoms with Gasteiger partial charge in [0.15, 0.2) is 0 Å². The van der Waals surface area contributed by atoms with Crippen LogP contribution < -0.4 is 10.6 Å². The maximum absolute atomic E-state index is 14.5. The Morgan fingerprint density at radius 3 is 2.96 bits per heavy atom. The Hall–Kier alpha value is -2.87. The number of pyridine rings is 1. The van der Waals surface area contributed by atoms with Crippen LogP contribution in [0, 0.1) is 11.8 Å². The molecule has 1 saturated heterocycles. The summed E-state index contributed by atoms with van der Waals surface area (Å²) in [5, 5.41) is 5.78. The van der Waals surface area contributed by atoms with Crippen molar-refractivity contribution in [3.63, 3.8) is 0 Å². The third-order valence-electron chi connectivity index (χ3n) is 4.97. The van der Waals surface area contributed by atoms with E-state index in [1.807, 2.05) is 0 Å². The smallest absolute Gasteiger partial charge is 0.253 e. The molecule has 3 heterocycles. The highest BCUT2D eigenvalue weighted by Gasteiger charge is 2.28. The van der Waals surface area contributed by atoms with E-state index in [-0.39, 0.29) is 24.0 Å². The first-order valence-electron chi connectivity index (χ1n) is 9.06. The molecule has 0 spiro atoms. The largest absolute Gasteiger partial charge is 0.346 e. The topological polar surface area (TPSA) is 59.0 Å². The molecule has 1 aliphatic heterocycles. The maximum Gasteiger partial charge on any atom is 0.253 e. The Kier molecular flexibility index (Phi) is 5.04. The maximum atomic E-state index is 14.5. The van der Waals surface area contributed by atoms with Crippen molar-refractivity contribution in [2.75, 3.05) is 13.1 Å². The van der Waals surface area contributed by atoms with E-state index in [1.54, 1.807) is 22.8 Å². The second kappa shape index (κ2) is 7.63. The first-order valence-corrected chi connectivity index (χ1v) is 9.06. The van der Waals surface area contributed by atoms with Crippen LogP contribution in [0.1, 0.15) is 22.3 Å². The van der Waals surface area contributed by atoms with E-state index in [4.69, 9.17) is 0 Å². The lowest BCUT2D eigenvalue weighted by atomic mass is 10.0. The molecule has 1 aliphatic rings. The number of carbonyl (C=O) groups is 1. The molecule has 2 atom stereocenters. The molecule has 1 amide bonds. The molecule has 146 valence electrons. The molecule has 0 radical (unpaired) electrons. The van der Waals surface area contributed by atoms with E-state index < -0.39 is 29.9 Å². The molecule has 4 rings (SSSR count). The number of amides is 1. The average Bonchev–Trinajstić information content (AvgIpc) is 3.04. The van der Waals surface area contributed by atoms with Gasteiger partial charge >= 0.3 is 0 Å². The number of aromatic nitrogens is 2. The predicted molar refractivity (Wildman–Crippen MR) is 98.8 cm³/mol. The van der Waals surface area contributed by atoms with Crippen LogP contribution in [0.4, 0.5) is 13.2 Å². The van der Waals surface area contributed by atoms with Gasteiger partial charge in [-0.3, -0.25) is 4.79 Å². The van der Waals surface area contributed by atoms with Crippen molar-refractivity contribution < 1.29 is 18.0 Å². The summed E-state index contributed by atoms with van der Waals surface area (Å²) in [6.45, 7) is 1.02. The number of hydrogen-bond donors (Lipinski definition) is 2. The minimum absolute atomic E-state index is 0.133. The summed E-state index contributed by atoms with van der Waals surface area (Å²) >= 11 is 0. The van der Waals surface area contributed by atoms with Gasteiger partial charge in [0.25, 0.3) is 5.91 Å². The molecule has 2 N–H and O–H groups in total. The zero-order valence-corrected chi connectivity index (χ0v) is 15.0. The second-order valence-electron chi connectivity index (χ2n) is 6.88. The van der Waals surface area contributed by atoms with E-state index in [9.17, 15) is 18.0 Å². The van der Waals surface area contributed by atoms with Gasteiger partial charge in [-0.1, -0.05) is 6.07 Å². The molecule has 0 bridgehead atoms. The molecule has 5 nitrogen and oxygen atoms in total. The monoisotopic (exact) mass is 388 g/mol. The summed E-state index contributed by atoms with van der Waals surface area (Å²) < 4.78 is 43.7. The summed E-state index contributed by atoms with van der Waals surface area (Å²) in [7, 11) is 0. The highest BCUT2D eigenvalue weighted by atomic mass is 19.1. The van der Waals surface area contributed by atoms with Crippen LogP contribution in [0.25, 0.3) is 10.9 Å². The number of benzene rings is 1. The van der Waals surface area contributed by atoms with Crippen LogP contribution in [0.3, 0.4) is 0 Å². The number of rotatable bonds is 4. The zero-order chi connectivity index (χ0) is 19.7. The van der Waals surface area contributed by atoms with Crippen LogP contribution >= 0.6 is 0 Å². The first-order chi connectivity index (χ1) is 13.5. The Balaban J connectivity index is 1.69. The number of carbonyl (C=O) groups excluding carboxylic acids is 1. The van der Waals surface area contributed by atoms with Crippen molar-refractivity contribution in [2.24, 2.45) is 0 Å². The molecule has 2 aromatic heterocycles. The van der Waals surface area contributed by atoms with Gasteiger partial charge in [0.05, 0.1) is 17.1 Å². The lowest BCUT2D eigenvalue weighted by Gasteiger charge is -2.27. The molecule has 1 aromatic carbocycles. The van der Waals surface area contributed by atoms with Gasteiger partial charge in [-0.15, -0.1) is 0 Å². The van der Waals surface area contributed by atoms with E-state index in [0.717, 1.165) is 0 Å². The number of fused-ring (bicyclic) bond motifs is 1. The van der Waals surface area contributed by atoms with Crippen LogP contribution in [-0.4, -0.2) is 40.8 Å². The summed E-state index contributed by atoms with van der Waals surface area (Å²) in [5.41, 5.74) is 1.26. The van der Waals surface area contributed by atoms with Crippen molar-refractivity contribution >= 4 is 16.8 Å². The average molecular weight is 388 g/mol. The van der Waals surface area contributed by atoms with Gasteiger partial charge < -0.3 is 15.2 Å². The van der Waals surface area contributed by atoms with Gasteiger partial charge in [0, 0.05) is 30.9 Å². The minimum atomic E-state index is -1.20. The van der Waals surface area contributed by atoms with Gasteiger partial charge in [-0.05, 0) is 42.8 Å². The number of hydrogen-bond acceptors (Lipinski definition) is 3. The third-order valence-corrected chi connectivity index (χ3v) is 4.97. The molecule has 8 heteroatoms. The van der Waals surface area contributed by atoms with Gasteiger partial charge in [0.1, 0.15) is 12.0 Å². The van der Waals surface area contributed by atoms with Gasteiger partial charge in [-0.25, -0.2) is 13.8 Å². The Morgan fingerprint density at radius 2 is 2.18 bits per heavy atom. The van der Waals surface area contributed by atoms with E-state index in [0.29, 0.717) is 24.0 Å². The van der Waals surface area contributed by atoms with Crippen LogP contribution in [0.5, 0.6) is 0 Å². The first kappa shape index (κ1) is 18.5. The SMILES string of the molecule is O=C(N[C@H]1CCNC[C@H]1F)c1cn(Cc2ccnc(F)c2)c2cccc(F)c12. The van der Waals surface area contributed by atoms with Gasteiger partial charge in [0.2, 0.25) is 5.95 Å². The van der Waals surface area contributed by atoms with Crippen molar-refractivity contribution in [1.29, 1.82) is 0 Å². The highest BCUT2D eigenvalue weighted by Crippen LogP contribution is 2.26. The summed E-state index contributed by atoms with van der Waals surface area (Å²) in [6.07, 6.45) is 2.14. The summed E-state index contributed by atoms with van der Waals surface area (Å²) in [6, 6.07) is 6.83. The second-order valence-corrected chi connectivity index (χ2v) is 6.88. The number of alkyl halides is 1. The fraction of sp³-hybridized carbons (Fsp3) is 0.300. The Morgan fingerprint density at radius 1 is 1.32 bits per heavy atom. The summed E-state index contributed by atoms with van der Waals surface area (Å²) in [4.78, 5) is 16.3. The standard InChI is InChI=1S/C20H19F3N4O/c21-14-2-1-3-17-19(14)13(20(28)26-16-5-6-24-9-15(16)22)11-27(17)10-12-4-7-25-18(23)8-12/h1-4,7-8,11,15-16,24H,5-6,9-10H2,(H,26,28)/t15-,16+/m1/s1. The fourth-order valence-electron chi connectivity index (χ4n) is 3.58. The normalized spacial score (nSPS) is 19.7. The molecule has 3 aromatic rings. The lowest BCUT2D eigenvalue weighted by Crippen LogP contribution is -2.50. The highest BCUT2D eigenvalue weighted by molar-refractivity contribution is 6.07. The molecule has 0 saturated carbocycles. The predicted octanol–water partition coefficient (Wildman–Crippen LogP) is 2.79. The van der Waals surface area contributed by atoms with E-state index in [2.05, 4.69) is 15.6 Å². The molecule has 28 heavy (non-hydrogen) atoms. The lowest BCUT2D eigenvalue weighted by molar-refractivity contribution is 0.0893. The van der Waals surface area contributed by atoms with Gasteiger partial charge in [-0.2, -0.15) is 4.39 Å². The number of piperidine rings is 1. The zero-order valence-electron chi connectivity index (χ0n) is 15.0. The molecule has 0 unspecified atom stereocenters. The number of nitrogens with one attached hydrogen (secondary N) is 2. The third kappa shape index (κ3) is 3.60. The number of nitrogens with zero attached hydrogens (tertiary/aromatic N) is 2. The Labute approximate surface area is 159 Å². The van der Waals surface area contributed by atoms with Crippen molar-refractivity contribution in [2.45, 2.75) is 25.2 Å². The van der Waals surface area contributed by atoms with Crippen molar-refractivity contribution in [3.05, 3.63) is 65.6 Å². The van der Waals surface area contributed by atoms with Crippen LogP contribution in [-0.2, 0) is 6.54 Å². The molecular weight excluding hydrogens is 369 g/mol. The van der Waals surface area contributed by atoms with E-state index in [1.165, 1.54) is 24.5 Å². The fourth-order valence-corrected chi connectivity index (χ4v) is 3.58. The van der Waals surface area contributed by atoms with E-state index >= 15 is 0 Å². The van der Waals surface area contributed by atoms with Crippen LogP contribution in [0.15, 0.2) is 42.7 Å². The minimum Gasteiger partial charge on any atom is -0.346 e. The molecule has 1 fully saturated rings. The van der Waals surface area contributed by atoms with Crippen LogP contribution in [0.2, 0.25) is 0 Å². The molecular formula is C20H19F3N4O. The Bertz CT molecular complexity index is 1020.